The average molecular weight is 376 g/mol. The van der Waals surface area contributed by atoms with Crippen LogP contribution in [0.3, 0.4) is 0 Å². The van der Waals surface area contributed by atoms with Crippen molar-refractivity contribution in [2.45, 2.75) is 65.0 Å². The first-order valence-electron chi connectivity index (χ1n) is 8.76. The van der Waals surface area contributed by atoms with Crippen LogP contribution >= 0.6 is 11.3 Å². The van der Waals surface area contributed by atoms with E-state index in [1.807, 2.05) is 70.5 Å². The Labute approximate surface area is 159 Å². The molecule has 0 saturated heterocycles. The molecule has 0 aliphatic carbocycles. The molecule has 1 aromatic carbocycles. The maximum absolute atomic E-state index is 11.9. The second-order valence-corrected chi connectivity index (χ2v) is 9.53. The van der Waals surface area contributed by atoms with Crippen LogP contribution in [0.25, 0.3) is 0 Å². The average Bonchev–Trinajstić information content (AvgIpc) is 2.99. The normalized spacial score (nSPS) is 13.6. The molecule has 1 heterocycles. The van der Waals surface area contributed by atoms with Gasteiger partial charge < -0.3 is 10.2 Å². The summed E-state index contributed by atoms with van der Waals surface area (Å²) in [7, 11) is 0. The lowest BCUT2D eigenvalue weighted by molar-refractivity contribution is -0.139. The molecule has 1 unspecified atom stereocenters. The molecule has 5 heteroatoms. The summed E-state index contributed by atoms with van der Waals surface area (Å²) in [5.74, 6) is -0.665. The molecule has 1 aromatic heterocycles. The number of carboxylic acid groups (broad SMARTS) is 1. The molecule has 0 radical (unpaired) electrons. The van der Waals surface area contributed by atoms with Crippen LogP contribution in [0.2, 0.25) is 0 Å². The third kappa shape index (κ3) is 4.65. The van der Waals surface area contributed by atoms with Gasteiger partial charge in [-0.15, -0.1) is 0 Å². The fourth-order valence-corrected chi connectivity index (χ4v) is 3.60. The van der Waals surface area contributed by atoms with E-state index < -0.39 is 12.0 Å². The molecule has 26 heavy (non-hydrogen) atoms. The summed E-state index contributed by atoms with van der Waals surface area (Å²) in [6.45, 7) is 12.6. The maximum atomic E-state index is 11.9. The minimum atomic E-state index is -0.925. The Morgan fingerprint density at radius 3 is 2.04 bits per heavy atom. The minimum absolute atomic E-state index is 0.260. The first-order valence-corrected chi connectivity index (χ1v) is 9.70. The number of rotatable bonds is 5. The Bertz CT molecular complexity index is 733. The summed E-state index contributed by atoms with van der Waals surface area (Å²) >= 11 is 1.59. The van der Waals surface area contributed by atoms with Gasteiger partial charge in [0, 0.05) is 6.54 Å². The van der Waals surface area contributed by atoms with Crippen molar-refractivity contribution in [3.63, 3.8) is 0 Å². The number of benzene rings is 1. The SMILES string of the molecule is CC(C)(C)c1cc(C(NCc2ccsc2)C(=O)O)cc(C(C)(C)C)c1O. The Hall–Kier alpha value is -1.85. The van der Waals surface area contributed by atoms with Gasteiger partial charge in [0.25, 0.3) is 0 Å². The third-order valence-electron chi connectivity index (χ3n) is 4.42. The topological polar surface area (TPSA) is 69.6 Å². The quantitative estimate of drug-likeness (QED) is 0.690. The van der Waals surface area contributed by atoms with Gasteiger partial charge in [-0.25, -0.2) is 0 Å². The van der Waals surface area contributed by atoms with Gasteiger partial charge in [-0.2, -0.15) is 11.3 Å². The lowest BCUT2D eigenvalue weighted by atomic mass is 9.77. The summed E-state index contributed by atoms with van der Waals surface area (Å²) in [6, 6.07) is 4.79. The molecule has 4 nitrogen and oxygen atoms in total. The van der Waals surface area contributed by atoms with Crippen molar-refractivity contribution in [3.05, 3.63) is 51.2 Å². The van der Waals surface area contributed by atoms with Crippen molar-refractivity contribution in [3.8, 4) is 5.75 Å². The Morgan fingerprint density at radius 2 is 1.65 bits per heavy atom. The number of phenolic OH excluding ortho intramolecular Hbond substituents is 1. The summed E-state index contributed by atoms with van der Waals surface area (Å²) in [4.78, 5) is 11.9. The van der Waals surface area contributed by atoms with Crippen molar-refractivity contribution in [1.29, 1.82) is 0 Å². The molecule has 0 bridgehead atoms. The predicted octanol–water partition coefficient (Wildman–Crippen LogP) is 4.96. The predicted molar refractivity (Wildman–Crippen MR) is 107 cm³/mol. The van der Waals surface area contributed by atoms with E-state index in [4.69, 9.17) is 0 Å². The zero-order valence-electron chi connectivity index (χ0n) is 16.4. The molecule has 0 amide bonds. The van der Waals surface area contributed by atoms with Gasteiger partial charge in [-0.1, -0.05) is 41.5 Å². The van der Waals surface area contributed by atoms with E-state index in [0.29, 0.717) is 12.1 Å². The van der Waals surface area contributed by atoms with Crippen LogP contribution < -0.4 is 5.32 Å². The molecule has 1 atom stereocenters. The summed E-state index contributed by atoms with van der Waals surface area (Å²) in [6.07, 6.45) is 0. The second kappa shape index (κ2) is 7.41. The van der Waals surface area contributed by atoms with Gasteiger partial charge in [-0.3, -0.25) is 10.1 Å². The van der Waals surface area contributed by atoms with Crippen molar-refractivity contribution >= 4 is 17.3 Å². The first kappa shape index (κ1) is 20.5. The molecule has 0 saturated carbocycles. The van der Waals surface area contributed by atoms with E-state index in [0.717, 1.165) is 16.7 Å². The Kier molecular flexibility index (Phi) is 5.83. The highest BCUT2D eigenvalue weighted by Gasteiger charge is 2.29. The van der Waals surface area contributed by atoms with Gasteiger partial charge in [0.1, 0.15) is 11.8 Å². The number of nitrogens with one attached hydrogen (secondary N) is 1. The number of hydrogen-bond acceptors (Lipinski definition) is 4. The van der Waals surface area contributed by atoms with Crippen LogP contribution in [0.4, 0.5) is 0 Å². The van der Waals surface area contributed by atoms with E-state index in [1.54, 1.807) is 11.3 Å². The molecule has 142 valence electrons. The largest absolute Gasteiger partial charge is 0.507 e. The lowest BCUT2D eigenvalue weighted by Crippen LogP contribution is -2.29. The summed E-state index contributed by atoms with van der Waals surface area (Å²) < 4.78 is 0. The number of carbonyl (C=O) groups is 1. The second-order valence-electron chi connectivity index (χ2n) is 8.75. The van der Waals surface area contributed by atoms with Crippen LogP contribution in [-0.2, 0) is 22.2 Å². The van der Waals surface area contributed by atoms with Crippen LogP contribution in [-0.4, -0.2) is 16.2 Å². The monoisotopic (exact) mass is 375 g/mol. The van der Waals surface area contributed by atoms with Crippen LogP contribution in [0.15, 0.2) is 29.0 Å². The van der Waals surface area contributed by atoms with Crippen LogP contribution in [0.5, 0.6) is 5.75 Å². The highest BCUT2D eigenvalue weighted by Crippen LogP contribution is 2.40. The molecular formula is C21H29NO3S. The highest BCUT2D eigenvalue weighted by molar-refractivity contribution is 7.07. The van der Waals surface area contributed by atoms with E-state index in [1.165, 1.54) is 0 Å². The fraction of sp³-hybridized carbons (Fsp3) is 0.476. The number of hydrogen-bond donors (Lipinski definition) is 3. The van der Waals surface area contributed by atoms with E-state index in [2.05, 4.69) is 5.32 Å². The van der Waals surface area contributed by atoms with Gasteiger partial charge in [0.15, 0.2) is 0 Å². The van der Waals surface area contributed by atoms with E-state index >= 15 is 0 Å². The molecule has 0 aliphatic heterocycles. The first-order chi connectivity index (χ1) is 11.9. The van der Waals surface area contributed by atoms with Gasteiger partial charge in [-0.05, 0) is 62.0 Å². The number of aromatic hydroxyl groups is 1. The Morgan fingerprint density at radius 1 is 1.12 bits per heavy atom. The molecule has 2 rings (SSSR count). The fourth-order valence-electron chi connectivity index (χ4n) is 2.93. The number of thiophene rings is 1. The van der Waals surface area contributed by atoms with Crippen molar-refractivity contribution in [2.75, 3.05) is 0 Å². The maximum Gasteiger partial charge on any atom is 0.325 e. The van der Waals surface area contributed by atoms with Crippen molar-refractivity contribution in [1.82, 2.24) is 5.32 Å². The third-order valence-corrected chi connectivity index (χ3v) is 5.15. The zero-order chi connectivity index (χ0) is 19.7. The van der Waals surface area contributed by atoms with Gasteiger partial charge in [0.2, 0.25) is 0 Å². The van der Waals surface area contributed by atoms with Gasteiger partial charge >= 0.3 is 5.97 Å². The number of aliphatic carboxylic acids is 1. The van der Waals surface area contributed by atoms with Crippen LogP contribution in [0.1, 0.15) is 69.8 Å². The smallest absolute Gasteiger partial charge is 0.325 e. The summed E-state index contributed by atoms with van der Waals surface area (Å²) in [5, 5.41) is 27.7. The lowest BCUT2D eigenvalue weighted by Gasteiger charge is -2.29. The van der Waals surface area contributed by atoms with Gasteiger partial charge in [0.05, 0.1) is 0 Å². The molecular weight excluding hydrogens is 346 g/mol. The standard InChI is InChI=1S/C21H29NO3S/c1-20(2,3)15-9-14(10-16(18(15)23)21(4,5)6)17(19(24)25)22-11-13-7-8-26-12-13/h7-10,12,17,22-23H,11H2,1-6H3,(H,24,25). The molecule has 0 aliphatic rings. The zero-order valence-corrected chi connectivity index (χ0v) is 17.2. The molecule has 0 spiro atoms. The van der Waals surface area contributed by atoms with E-state index in [-0.39, 0.29) is 16.6 Å². The highest BCUT2D eigenvalue weighted by atomic mass is 32.1. The van der Waals surface area contributed by atoms with Crippen LogP contribution in [0, 0.1) is 0 Å². The van der Waals surface area contributed by atoms with E-state index in [9.17, 15) is 15.0 Å². The minimum Gasteiger partial charge on any atom is -0.507 e. The Balaban J connectivity index is 2.52. The number of phenols is 1. The molecule has 2 aromatic rings. The summed E-state index contributed by atoms with van der Waals surface area (Å²) in [5.41, 5.74) is 2.67. The van der Waals surface area contributed by atoms with Crippen molar-refractivity contribution in [2.24, 2.45) is 0 Å². The van der Waals surface area contributed by atoms with Crippen molar-refractivity contribution < 1.29 is 15.0 Å². The molecule has 0 fully saturated rings. The molecule has 3 N–H and O–H groups in total. The number of carboxylic acids is 1.